The van der Waals surface area contributed by atoms with Gasteiger partial charge in [-0.3, -0.25) is 0 Å². The fourth-order valence-electron chi connectivity index (χ4n) is 1.85. The number of anilines is 1. The third kappa shape index (κ3) is 3.14. The number of benzene rings is 1. The van der Waals surface area contributed by atoms with Gasteiger partial charge in [-0.05, 0) is 42.8 Å². The molecule has 0 aliphatic heterocycles. The second kappa shape index (κ2) is 5.58. The lowest BCUT2D eigenvalue weighted by Crippen LogP contribution is -1.87. The predicted molar refractivity (Wildman–Crippen MR) is 82.0 cm³/mol. The molecule has 0 saturated carbocycles. The van der Waals surface area contributed by atoms with Crippen LogP contribution in [0.2, 0.25) is 0 Å². The maximum absolute atomic E-state index is 5.64. The van der Waals surface area contributed by atoms with Gasteiger partial charge in [0.15, 0.2) is 0 Å². The number of aryl methyl sites for hydroxylation is 1. The highest BCUT2D eigenvalue weighted by Gasteiger charge is 2.07. The molecule has 0 fully saturated rings. The Morgan fingerprint density at radius 1 is 1.00 bits per heavy atom. The maximum Gasteiger partial charge on any atom is 0.251 e. The van der Waals surface area contributed by atoms with Crippen molar-refractivity contribution in [2.75, 3.05) is 5.73 Å². The smallest absolute Gasteiger partial charge is 0.251 e. The number of aromatic nitrogens is 3. The van der Waals surface area contributed by atoms with E-state index < -0.39 is 0 Å². The van der Waals surface area contributed by atoms with Gasteiger partial charge in [0.05, 0.1) is 0 Å². The van der Waals surface area contributed by atoms with Crippen LogP contribution in [0, 0.1) is 6.92 Å². The zero-order chi connectivity index (χ0) is 14.7. The summed E-state index contributed by atoms with van der Waals surface area (Å²) in [5.41, 5.74) is 9.00. The first-order valence-electron chi connectivity index (χ1n) is 6.52. The molecule has 0 unspecified atom stereocenters. The number of nitrogens with zero attached hydrogens (tertiary/aromatic N) is 3. The fourth-order valence-corrected chi connectivity index (χ4v) is 1.85. The average Bonchev–Trinajstić information content (AvgIpc) is 2.96. The molecule has 0 atom stereocenters. The molecule has 5 nitrogen and oxygen atoms in total. The van der Waals surface area contributed by atoms with Crippen molar-refractivity contribution in [1.82, 2.24) is 15.1 Å². The molecule has 3 rings (SSSR count). The van der Waals surface area contributed by atoms with Crippen LogP contribution in [0.3, 0.4) is 0 Å². The summed E-state index contributed by atoms with van der Waals surface area (Å²) in [5, 5.41) is 3.93. The summed E-state index contributed by atoms with van der Waals surface area (Å²) >= 11 is 0. The maximum atomic E-state index is 5.64. The zero-order valence-electron chi connectivity index (χ0n) is 11.5. The van der Waals surface area contributed by atoms with Gasteiger partial charge in [-0.15, -0.1) is 0 Å². The molecule has 0 saturated heterocycles. The van der Waals surface area contributed by atoms with Gasteiger partial charge in [0.25, 0.3) is 5.89 Å². The van der Waals surface area contributed by atoms with E-state index in [9.17, 15) is 0 Å². The van der Waals surface area contributed by atoms with Gasteiger partial charge in [-0.1, -0.05) is 23.4 Å². The van der Waals surface area contributed by atoms with E-state index in [1.807, 2.05) is 55.5 Å². The zero-order valence-corrected chi connectivity index (χ0v) is 11.5. The van der Waals surface area contributed by atoms with Crippen molar-refractivity contribution in [1.29, 1.82) is 0 Å². The van der Waals surface area contributed by atoms with E-state index in [2.05, 4.69) is 15.1 Å². The molecule has 1 aromatic carbocycles. The highest BCUT2D eigenvalue weighted by molar-refractivity contribution is 5.67. The lowest BCUT2D eigenvalue weighted by atomic mass is 10.2. The van der Waals surface area contributed by atoms with E-state index in [4.69, 9.17) is 10.3 Å². The average molecular weight is 278 g/mol. The Labute approximate surface area is 122 Å². The molecule has 0 aliphatic rings. The third-order valence-electron chi connectivity index (χ3n) is 2.91. The Bertz CT molecular complexity index is 775. The molecule has 0 bridgehead atoms. The highest BCUT2D eigenvalue weighted by Crippen LogP contribution is 2.15. The number of hydrogen-bond acceptors (Lipinski definition) is 5. The predicted octanol–water partition coefficient (Wildman–Crippen LogP) is 3.19. The van der Waals surface area contributed by atoms with E-state index >= 15 is 0 Å². The summed E-state index contributed by atoms with van der Waals surface area (Å²) in [4.78, 5) is 8.66. The molecule has 2 heterocycles. The van der Waals surface area contributed by atoms with Gasteiger partial charge in [0.2, 0.25) is 5.82 Å². The largest absolute Gasteiger partial charge is 0.399 e. The van der Waals surface area contributed by atoms with Crippen LogP contribution in [0.4, 0.5) is 5.69 Å². The van der Waals surface area contributed by atoms with E-state index in [-0.39, 0.29) is 0 Å². The minimum atomic E-state index is 0.435. The molecule has 21 heavy (non-hydrogen) atoms. The summed E-state index contributed by atoms with van der Waals surface area (Å²) in [6.45, 7) is 1.92. The van der Waals surface area contributed by atoms with Crippen molar-refractivity contribution in [3.63, 3.8) is 0 Å². The molecule has 0 amide bonds. The van der Waals surface area contributed by atoms with Crippen LogP contribution in [-0.2, 0) is 0 Å². The van der Waals surface area contributed by atoms with Gasteiger partial charge in [0.1, 0.15) is 5.69 Å². The molecule has 104 valence electrons. The van der Waals surface area contributed by atoms with Crippen molar-refractivity contribution < 1.29 is 4.52 Å². The van der Waals surface area contributed by atoms with Crippen molar-refractivity contribution in [2.45, 2.75) is 6.92 Å². The van der Waals surface area contributed by atoms with Crippen LogP contribution in [0.1, 0.15) is 17.1 Å². The van der Waals surface area contributed by atoms with E-state index in [0.717, 1.165) is 16.9 Å². The quantitative estimate of drug-likeness (QED) is 0.744. The van der Waals surface area contributed by atoms with E-state index in [1.165, 1.54) is 0 Å². The Kier molecular flexibility index (Phi) is 3.47. The second-order valence-corrected chi connectivity index (χ2v) is 4.62. The Hall–Kier alpha value is -2.95. The molecule has 0 radical (unpaired) electrons. The Balaban J connectivity index is 1.80. The van der Waals surface area contributed by atoms with Gasteiger partial charge in [-0.25, -0.2) is 4.98 Å². The molecule has 3 aromatic rings. The van der Waals surface area contributed by atoms with Gasteiger partial charge >= 0.3 is 0 Å². The summed E-state index contributed by atoms with van der Waals surface area (Å²) in [7, 11) is 0. The first-order valence-corrected chi connectivity index (χ1v) is 6.52. The minimum Gasteiger partial charge on any atom is -0.399 e. The van der Waals surface area contributed by atoms with Crippen LogP contribution >= 0.6 is 0 Å². The standard InChI is InChI=1S/C16H14N4O/c1-11-3-2-4-14(18-11)16-19-15(21-20-16)10-7-12-5-8-13(17)9-6-12/h2-10H,17H2,1H3/b10-7+. The summed E-state index contributed by atoms with van der Waals surface area (Å²) in [6, 6.07) is 13.2. The normalized spacial score (nSPS) is 11.1. The number of nitrogens with two attached hydrogens (primary N) is 1. The third-order valence-corrected chi connectivity index (χ3v) is 2.91. The van der Waals surface area contributed by atoms with Gasteiger partial charge in [0, 0.05) is 17.5 Å². The first kappa shape index (κ1) is 13.1. The minimum absolute atomic E-state index is 0.435. The molecule has 2 aromatic heterocycles. The topological polar surface area (TPSA) is 77.8 Å². The Morgan fingerprint density at radius 3 is 2.57 bits per heavy atom. The van der Waals surface area contributed by atoms with Crippen molar-refractivity contribution in [2.24, 2.45) is 0 Å². The molecule has 2 N–H and O–H groups in total. The molecule has 0 spiro atoms. The second-order valence-electron chi connectivity index (χ2n) is 4.62. The summed E-state index contributed by atoms with van der Waals surface area (Å²) < 4.78 is 5.19. The van der Waals surface area contributed by atoms with Crippen LogP contribution in [0.5, 0.6) is 0 Å². The lowest BCUT2D eigenvalue weighted by Gasteiger charge is -1.94. The fraction of sp³-hybridized carbons (Fsp3) is 0.0625. The molecular formula is C16H14N4O. The van der Waals surface area contributed by atoms with Crippen LogP contribution < -0.4 is 5.73 Å². The van der Waals surface area contributed by atoms with Crippen LogP contribution in [-0.4, -0.2) is 15.1 Å². The Morgan fingerprint density at radius 2 is 1.81 bits per heavy atom. The van der Waals surface area contributed by atoms with Crippen LogP contribution in [0.25, 0.3) is 23.7 Å². The lowest BCUT2D eigenvalue weighted by molar-refractivity contribution is 0.411. The SMILES string of the molecule is Cc1cccc(-c2noc(/C=C/c3ccc(N)cc3)n2)n1. The number of hydrogen-bond donors (Lipinski definition) is 1. The molecular weight excluding hydrogens is 264 g/mol. The monoisotopic (exact) mass is 278 g/mol. The summed E-state index contributed by atoms with van der Waals surface area (Å²) in [6.07, 6.45) is 3.65. The summed E-state index contributed by atoms with van der Waals surface area (Å²) in [5.74, 6) is 0.917. The molecule has 0 aliphatic carbocycles. The number of rotatable bonds is 3. The van der Waals surface area contributed by atoms with E-state index in [1.54, 1.807) is 6.08 Å². The highest BCUT2D eigenvalue weighted by atomic mass is 16.5. The van der Waals surface area contributed by atoms with Gasteiger partial charge < -0.3 is 10.3 Å². The number of nitrogen functional groups attached to an aromatic ring is 1. The molecule has 5 heteroatoms. The van der Waals surface area contributed by atoms with Crippen molar-refractivity contribution >= 4 is 17.8 Å². The number of pyridine rings is 1. The van der Waals surface area contributed by atoms with Gasteiger partial charge in [-0.2, -0.15) is 4.98 Å². The van der Waals surface area contributed by atoms with Crippen molar-refractivity contribution in [3.05, 3.63) is 59.6 Å². The first-order chi connectivity index (χ1) is 10.2. The van der Waals surface area contributed by atoms with E-state index in [0.29, 0.717) is 17.4 Å². The van der Waals surface area contributed by atoms with Crippen molar-refractivity contribution in [3.8, 4) is 11.5 Å². The van der Waals surface area contributed by atoms with Crippen LogP contribution in [0.15, 0.2) is 47.0 Å².